The molecule has 1 heterocycles. The van der Waals surface area contributed by atoms with Gasteiger partial charge >= 0.3 is 0 Å². The van der Waals surface area contributed by atoms with Crippen molar-refractivity contribution in [1.82, 2.24) is 4.90 Å². The number of hydrogen-bond donors (Lipinski definition) is 0. The minimum absolute atomic E-state index is 0.0606. The Balaban J connectivity index is 2.07. The molecule has 18 heavy (non-hydrogen) atoms. The minimum atomic E-state index is -0.267. The van der Waals surface area contributed by atoms with E-state index in [1.807, 2.05) is 6.92 Å². The Labute approximate surface area is 114 Å². The molecular weight excluding hydrogens is 301 g/mol. The second kappa shape index (κ2) is 5.80. The zero-order chi connectivity index (χ0) is 13.1. The molecule has 1 saturated heterocycles. The second-order valence-electron chi connectivity index (χ2n) is 4.31. The summed E-state index contributed by atoms with van der Waals surface area (Å²) in [5.41, 5.74) is 0.899. The van der Waals surface area contributed by atoms with Crippen molar-refractivity contribution in [1.29, 1.82) is 0 Å². The van der Waals surface area contributed by atoms with Gasteiger partial charge in [-0.1, -0.05) is 28.1 Å². The van der Waals surface area contributed by atoms with Gasteiger partial charge in [0.25, 0.3) is 0 Å². The molecule has 1 aromatic carbocycles. The van der Waals surface area contributed by atoms with Crippen molar-refractivity contribution in [2.24, 2.45) is 0 Å². The third kappa shape index (κ3) is 3.09. The van der Waals surface area contributed by atoms with E-state index in [2.05, 4.69) is 15.9 Å². The van der Waals surface area contributed by atoms with Crippen LogP contribution in [-0.4, -0.2) is 35.3 Å². The minimum Gasteiger partial charge on any atom is -0.370 e. The molecule has 0 N–H and O–H groups in total. The summed E-state index contributed by atoms with van der Waals surface area (Å²) in [5, 5.41) is 0. The molecule has 0 radical (unpaired) electrons. The fourth-order valence-electron chi connectivity index (χ4n) is 1.98. The summed E-state index contributed by atoms with van der Waals surface area (Å²) >= 11 is 3.28. The Morgan fingerprint density at radius 1 is 1.50 bits per heavy atom. The van der Waals surface area contributed by atoms with E-state index in [1.165, 1.54) is 12.1 Å². The first-order valence-electron chi connectivity index (χ1n) is 5.88. The predicted molar refractivity (Wildman–Crippen MR) is 70.1 cm³/mol. The van der Waals surface area contributed by atoms with E-state index in [4.69, 9.17) is 4.74 Å². The van der Waals surface area contributed by atoms with Gasteiger partial charge in [0.05, 0.1) is 18.0 Å². The molecule has 1 aromatic rings. The van der Waals surface area contributed by atoms with E-state index in [-0.39, 0.29) is 22.7 Å². The normalized spacial score (nSPS) is 21.7. The van der Waals surface area contributed by atoms with Crippen LogP contribution in [0.2, 0.25) is 0 Å². The molecule has 2 rings (SSSR count). The Morgan fingerprint density at radius 2 is 2.17 bits per heavy atom. The van der Waals surface area contributed by atoms with Crippen LogP contribution in [0.3, 0.4) is 0 Å². The standard InChI is InChI=1S/C13H15BrFNO2/c1-9(14)13(17)16-6-7-18-12(8-16)10-2-4-11(15)5-3-10/h2-5,9,12H,6-8H2,1H3. The van der Waals surface area contributed by atoms with E-state index in [1.54, 1.807) is 17.0 Å². The molecule has 1 fully saturated rings. The fourth-order valence-corrected chi connectivity index (χ4v) is 2.27. The van der Waals surface area contributed by atoms with E-state index >= 15 is 0 Å². The lowest BCUT2D eigenvalue weighted by Gasteiger charge is -2.33. The van der Waals surface area contributed by atoms with Crippen LogP contribution in [0, 0.1) is 5.82 Å². The number of nitrogens with zero attached hydrogens (tertiary/aromatic N) is 1. The largest absolute Gasteiger partial charge is 0.370 e. The second-order valence-corrected chi connectivity index (χ2v) is 5.68. The highest BCUT2D eigenvalue weighted by atomic mass is 79.9. The van der Waals surface area contributed by atoms with Gasteiger partial charge < -0.3 is 9.64 Å². The van der Waals surface area contributed by atoms with Gasteiger partial charge in [0.15, 0.2) is 0 Å². The van der Waals surface area contributed by atoms with Crippen LogP contribution >= 0.6 is 15.9 Å². The lowest BCUT2D eigenvalue weighted by molar-refractivity contribution is -0.137. The first-order valence-corrected chi connectivity index (χ1v) is 6.79. The highest BCUT2D eigenvalue weighted by Gasteiger charge is 2.27. The third-order valence-corrected chi connectivity index (χ3v) is 3.35. The fraction of sp³-hybridized carbons (Fsp3) is 0.462. The van der Waals surface area contributed by atoms with Gasteiger partial charge in [-0.15, -0.1) is 0 Å². The van der Waals surface area contributed by atoms with Gasteiger partial charge in [-0.25, -0.2) is 4.39 Å². The van der Waals surface area contributed by atoms with E-state index in [0.717, 1.165) is 5.56 Å². The van der Waals surface area contributed by atoms with Crippen molar-refractivity contribution < 1.29 is 13.9 Å². The number of halogens is 2. The van der Waals surface area contributed by atoms with Crippen molar-refractivity contribution in [3.05, 3.63) is 35.6 Å². The molecule has 3 nitrogen and oxygen atoms in total. The first kappa shape index (κ1) is 13.5. The van der Waals surface area contributed by atoms with E-state index < -0.39 is 0 Å². The molecule has 0 aromatic heterocycles. The van der Waals surface area contributed by atoms with Gasteiger partial charge in [0.1, 0.15) is 11.9 Å². The molecule has 2 unspecified atom stereocenters. The molecule has 98 valence electrons. The maximum Gasteiger partial charge on any atom is 0.236 e. The van der Waals surface area contributed by atoms with Gasteiger partial charge in [-0.05, 0) is 24.6 Å². The number of carbonyl (C=O) groups is 1. The van der Waals surface area contributed by atoms with Crippen LogP contribution < -0.4 is 0 Å². The Morgan fingerprint density at radius 3 is 2.78 bits per heavy atom. The van der Waals surface area contributed by atoms with Crippen LogP contribution in [0.25, 0.3) is 0 Å². The van der Waals surface area contributed by atoms with Crippen molar-refractivity contribution in [2.75, 3.05) is 19.7 Å². The SMILES string of the molecule is CC(Br)C(=O)N1CCOC(c2ccc(F)cc2)C1. The van der Waals surface area contributed by atoms with Gasteiger partial charge in [0, 0.05) is 6.54 Å². The number of morpholine rings is 1. The summed E-state index contributed by atoms with van der Waals surface area (Å²) in [6.45, 7) is 3.44. The molecule has 2 atom stereocenters. The van der Waals surface area contributed by atoms with Crippen molar-refractivity contribution in [3.8, 4) is 0 Å². The summed E-state index contributed by atoms with van der Waals surface area (Å²) in [6.07, 6.45) is -0.172. The molecule has 0 aliphatic carbocycles. The smallest absolute Gasteiger partial charge is 0.236 e. The number of ether oxygens (including phenoxy) is 1. The Kier molecular flexibility index (Phi) is 4.35. The molecule has 1 amide bonds. The predicted octanol–water partition coefficient (Wildman–Crippen LogP) is 2.51. The van der Waals surface area contributed by atoms with Crippen molar-refractivity contribution in [2.45, 2.75) is 17.9 Å². The van der Waals surface area contributed by atoms with Crippen LogP contribution in [0.1, 0.15) is 18.6 Å². The lowest BCUT2D eigenvalue weighted by Crippen LogP contribution is -2.44. The summed E-state index contributed by atoms with van der Waals surface area (Å²) in [4.78, 5) is 13.5. The van der Waals surface area contributed by atoms with Crippen LogP contribution in [0.4, 0.5) is 4.39 Å². The van der Waals surface area contributed by atoms with Crippen LogP contribution in [0.15, 0.2) is 24.3 Å². The Hall–Kier alpha value is -0.940. The Bertz CT molecular complexity index is 422. The zero-order valence-corrected chi connectivity index (χ0v) is 11.7. The number of hydrogen-bond acceptors (Lipinski definition) is 2. The summed E-state index contributed by atoms with van der Waals surface area (Å²) < 4.78 is 18.5. The summed E-state index contributed by atoms with van der Waals surface area (Å²) in [7, 11) is 0. The average molecular weight is 316 g/mol. The van der Waals surface area contributed by atoms with Gasteiger partial charge in [-0.2, -0.15) is 0 Å². The van der Waals surface area contributed by atoms with Gasteiger partial charge in [0.2, 0.25) is 5.91 Å². The number of benzene rings is 1. The molecular formula is C13H15BrFNO2. The molecule has 0 bridgehead atoms. The molecule has 0 saturated carbocycles. The third-order valence-electron chi connectivity index (χ3n) is 2.96. The topological polar surface area (TPSA) is 29.5 Å². The van der Waals surface area contributed by atoms with Gasteiger partial charge in [-0.3, -0.25) is 4.79 Å². The first-order chi connectivity index (χ1) is 8.58. The number of alkyl halides is 1. The summed E-state index contributed by atoms with van der Waals surface area (Å²) in [6, 6.07) is 6.22. The van der Waals surface area contributed by atoms with E-state index in [0.29, 0.717) is 19.7 Å². The molecule has 0 spiro atoms. The quantitative estimate of drug-likeness (QED) is 0.785. The molecule has 1 aliphatic rings. The number of rotatable bonds is 2. The maximum atomic E-state index is 12.9. The highest BCUT2D eigenvalue weighted by molar-refractivity contribution is 9.10. The highest BCUT2D eigenvalue weighted by Crippen LogP contribution is 2.23. The van der Waals surface area contributed by atoms with Crippen molar-refractivity contribution >= 4 is 21.8 Å². The summed E-state index contributed by atoms with van der Waals surface area (Å²) in [5.74, 6) is -0.206. The van der Waals surface area contributed by atoms with E-state index in [9.17, 15) is 9.18 Å². The molecule has 1 aliphatic heterocycles. The van der Waals surface area contributed by atoms with Crippen molar-refractivity contribution in [3.63, 3.8) is 0 Å². The van der Waals surface area contributed by atoms with Crippen LogP contribution in [0.5, 0.6) is 0 Å². The van der Waals surface area contributed by atoms with Crippen LogP contribution in [-0.2, 0) is 9.53 Å². The maximum absolute atomic E-state index is 12.9. The molecule has 5 heteroatoms. The monoisotopic (exact) mass is 315 g/mol. The lowest BCUT2D eigenvalue weighted by atomic mass is 10.1. The number of carbonyl (C=O) groups excluding carboxylic acids is 1. The number of amides is 1. The average Bonchev–Trinajstić information content (AvgIpc) is 2.38. The zero-order valence-electron chi connectivity index (χ0n) is 10.1.